The quantitative estimate of drug-likeness (QED) is 0.803. The number of nitrogens with two attached hydrogens (primary N) is 1. The van der Waals surface area contributed by atoms with Gasteiger partial charge in [0.25, 0.3) is 0 Å². The van der Waals surface area contributed by atoms with Gasteiger partial charge in [-0.3, -0.25) is 0 Å². The zero-order valence-electron chi connectivity index (χ0n) is 11.5. The van der Waals surface area contributed by atoms with Gasteiger partial charge in [0.1, 0.15) is 0 Å². The summed E-state index contributed by atoms with van der Waals surface area (Å²) in [5, 5.41) is 0. The predicted octanol–water partition coefficient (Wildman–Crippen LogP) is 5.02. The Kier molecular flexibility index (Phi) is 4.96. The van der Waals surface area contributed by atoms with Gasteiger partial charge in [0.05, 0.1) is 5.56 Å². The van der Waals surface area contributed by atoms with Crippen molar-refractivity contribution >= 4 is 11.8 Å². The minimum atomic E-state index is -4.28. The van der Waals surface area contributed by atoms with Crippen molar-refractivity contribution in [3.63, 3.8) is 0 Å². The number of thioether (sulfide) groups is 1. The fraction of sp³-hybridized carbons (Fsp3) is 0.250. The molecule has 2 aromatic rings. The molecular weight excluding hydrogens is 295 g/mol. The highest BCUT2D eigenvalue weighted by Crippen LogP contribution is 2.30. The first-order chi connectivity index (χ1) is 9.86. The molecule has 1 nitrogen and oxygen atoms in total. The highest BCUT2D eigenvalue weighted by atomic mass is 32.2. The highest BCUT2D eigenvalue weighted by Gasteiger charge is 2.29. The molecule has 0 bridgehead atoms. The molecule has 5 heteroatoms. The van der Waals surface area contributed by atoms with E-state index in [2.05, 4.69) is 0 Å². The van der Waals surface area contributed by atoms with Crippen molar-refractivity contribution in [2.75, 3.05) is 0 Å². The van der Waals surface area contributed by atoms with Crippen molar-refractivity contribution in [1.29, 1.82) is 0 Å². The molecule has 0 spiro atoms. The molecule has 1 atom stereocenters. The standard InChI is InChI=1S/C16H16F3NS/c1-11(20)13-4-8-15(9-5-13)21-10-12-2-6-14(7-3-12)16(17,18)19/h2-9,11H,10,20H2,1H3. The maximum Gasteiger partial charge on any atom is 0.416 e. The zero-order valence-corrected chi connectivity index (χ0v) is 12.3. The molecule has 0 fully saturated rings. The predicted molar refractivity (Wildman–Crippen MR) is 80.0 cm³/mol. The van der Waals surface area contributed by atoms with Gasteiger partial charge in [-0.05, 0) is 42.3 Å². The molecule has 2 N–H and O–H groups in total. The van der Waals surface area contributed by atoms with Gasteiger partial charge >= 0.3 is 6.18 Å². The topological polar surface area (TPSA) is 26.0 Å². The fourth-order valence-corrected chi connectivity index (χ4v) is 2.68. The molecule has 0 heterocycles. The van der Waals surface area contributed by atoms with E-state index < -0.39 is 11.7 Å². The van der Waals surface area contributed by atoms with Gasteiger partial charge in [0.2, 0.25) is 0 Å². The Morgan fingerprint density at radius 3 is 2.05 bits per heavy atom. The Hall–Kier alpha value is -1.46. The number of hydrogen-bond donors (Lipinski definition) is 1. The van der Waals surface area contributed by atoms with Crippen LogP contribution in [0, 0.1) is 0 Å². The lowest BCUT2D eigenvalue weighted by Gasteiger charge is -2.08. The summed E-state index contributed by atoms with van der Waals surface area (Å²) >= 11 is 1.59. The maximum absolute atomic E-state index is 12.5. The largest absolute Gasteiger partial charge is 0.416 e. The third-order valence-electron chi connectivity index (χ3n) is 3.09. The molecule has 0 aromatic heterocycles. The second kappa shape index (κ2) is 6.54. The summed E-state index contributed by atoms with van der Waals surface area (Å²) in [7, 11) is 0. The Morgan fingerprint density at radius 2 is 1.57 bits per heavy atom. The molecule has 0 aliphatic rings. The zero-order chi connectivity index (χ0) is 15.5. The molecule has 2 aromatic carbocycles. The van der Waals surface area contributed by atoms with E-state index in [0.717, 1.165) is 28.2 Å². The van der Waals surface area contributed by atoms with Gasteiger partial charge in [-0.1, -0.05) is 24.3 Å². The van der Waals surface area contributed by atoms with E-state index in [-0.39, 0.29) is 6.04 Å². The summed E-state index contributed by atoms with van der Waals surface area (Å²) in [6, 6.07) is 13.2. The second-order valence-corrected chi connectivity index (χ2v) is 5.89. The van der Waals surface area contributed by atoms with Crippen molar-refractivity contribution in [3.05, 3.63) is 65.2 Å². The molecule has 0 saturated heterocycles. The average molecular weight is 311 g/mol. The second-order valence-electron chi connectivity index (χ2n) is 4.84. The van der Waals surface area contributed by atoms with E-state index in [1.165, 1.54) is 12.1 Å². The number of benzene rings is 2. The summed E-state index contributed by atoms with van der Waals surface area (Å²) in [6.07, 6.45) is -4.28. The van der Waals surface area contributed by atoms with E-state index in [4.69, 9.17) is 5.73 Å². The molecule has 2 rings (SSSR count). The van der Waals surface area contributed by atoms with E-state index >= 15 is 0 Å². The van der Waals surface area contributed by atoms with Crippen LogP contribution in [0.1, 0.15) is 29.7 Å². The Morgan fingerprint density at radius 1 is 1.00 bits per heavy atom. The van der Waals surface area contributed by atoms with Crippen LogP contribution in [0.2, 0.25) is 0 Å². The number of hydrogen-bond acceptors (Lipinski definition) is 2. The first-order valence-electron chi connectivity index (χ1n) is 6.51. The van der Waals surface area contributed by atoms with Crippen LogP contribution in [-0.4, -0.2) is 0 Å². The van der Waals surface area contributed by atoms with Gasteiger partial charge in [-0.25, -0.2) is 0 Å². The maximum atomic E-state index is 12.5. The molecular formula is C16H16F3NS. The molecule has 21 heavy (non-hydrogen) atoms. The molecule has 112 valence electrons. The number of rotatable bonds is 4. The molecule has 0 amide bonds. The summed E-state index contributed by atoms with van der Waals surface area (Å²) in [5.41, 5.74) is 7.09. The summed E-state index contributed by atoms with van der Waals surface area (Å²) in [4.78, 5) is 1.07. The third kappa shape index (κ3) is 4.51. The van der Waals surface area contributed by atoms with Crippen LogP contribution in [0.15, 0.2) is 53.4 Å². The van der Waals surface area contributed by atoms with E-state index in [9.17, 15) is 13.2 Å². The van der Waals surface area contributed by atoms with Crippen LogP contribution >= 0.6 is 11.8 Å². The van der Waals surface area contributed by atoms with E-state index in [0.29, 0.717) is 5.75 Å². The molecule has 0 aliphatic heterocycles. The van der Waals surface area contributed by atoms with Gasteiger partial charge in [-0.15, -0.1) is 11.8 Å². The Labute approximate surface area is 126 Å². The SMILES string of the molecule is CC(N)c1ccc(SCc2ccc(C(F)(F)F)cc2)cc1. The van der Waals surface area contributed by atoms with Crippen LogP contribution in [-0.2, 0) is 11.9 Å². The summed E-state index contributed by atoms with van der Waals surface area (Å²) in [5.74, 6) is 0.635. The Balaban J connectivity index is 1.96. The van der Waals surface area contributed by atoms with Crippen LogP contribution in [0.4, 0.5) is 13.2 Å². The lowest BCUT2D eigenvalue weighted by molar-refractivity contribution is -0.137. The minimum Gasteiger partial charge on any atom is -0.324 e. The lowest BCUT2D eigenvalue weighted by atomic mass is 10.1. The first kappa shape index (κ1) is 15.9. The normalized spacial score (nSPS) is 13.2. The third-order valence-corrected chi connectivity index (χ3v) is 4.18. The van der Waals surface area contributed by atoms with E-state index in [1.807, 2.05) is 31.2 Å². The molecule has 0 radical (unpaired) electrons. The van der Waals surface area contributed by atoms with Crippen LogP contribution in [0.3, 0.4) is 0 Å². The Bertz CT molecular complexity index is 574. The first-order valence-corrected chi connectivity index (χ1v) is 7.49. The lowest BCUT2D eigenvalue weighted by Crippen LogP contribution is -2.04. The van der Waals surface area contributed by atoms with Crippen LogP contribution in [0.25, 0.3) is 0 Å². The average Bonchev–Trinajstić information content (AvgIpc) is 2.45. The van der Waals surface area contributed by atoms with Crippen molar-refractivity contribution in [3.8, 4) is 0 Å². The van der Waals surface area contributed by atoms with Gasteiger partial charge in [0.15, 0.2) is 0 Å². The molecule has 1 unspecified atom stereocenters. The summed E-state index contributed by atoms with van der Waals surface area (Å²) in [6.45, 7) is 1.92. The fourth-order valence-electron chi connectivity index (χ4n) is 1.82. The van der Waals surface area contributed by atoms with Crippen molar-refractivity contribution in [2.24, 2.45) is 5.73 Å². The smallest absolute Gasteiger partial charge is 0.324 e. The van der Waals surface area contributed by atoms with Crippen molar-refractivity contribution in [1.82, 2.24) is 0 Å². The minimum absolute atomic E-state index is 0.000960. The van der Waals surface area contributed by atoms with Crippen molar-refractivity contribution in [2.45, 2.75) is 29.8 Å². The van der Waals surface area contributed by atoms with Crippen LogP contribution in [0.5, 0.6) is 0 Å². The van der Waals surface area contributed by atoms with Crippen molar-refractivity contribution < 1.29 is 13.2 Å². The van der Waals surface area contributed by atoms with Gasteiger partial charge in [0, 0.05) is 16.7 Å². The van der Waals surface area contributed by atoms with Gasteiger partial charge in [-0.2, -0.15) is 13.2 Å². The number of alkyl halides is 3. The highest BCUT2D eigenvalue weighted by molar-refractivity contribution is 7.98. The van der Waals surface area contributed by atoms with Crippen LogP contribution < -0.4 is 5.73 Å². The summed E-state index contributed by atoms with van der Waals surface area (Å²) < 4.78 is 37.4. The van der Waals surface area contributed by atoms with Gasteiger partial charge < -0.3 is 5.73 Å². The monoisotopic (exact) mass is 311 g/mol. The van der Waals surface area contributed by atoms with E-state index in [1.54, 1.807) is 11.8 Å². The molecule has 0 saturated carbocycles. The number of halogens is 3. The molecule has 0 aliphatic carbocycles.